The monoisotopic (exact) mass is 326 g/mol. The van der Waals surface area contributed by atoms with Gasteiger partial charge in [0, 0.05) is 23.9 Å². The zero-order valence-electron chi connectivity index (χ0n) is 13.1. The molecule has 0 N–H and O–H groups in total. The number of imide groups is 2. The minimum absolute atomic E-state index is 0.0595. The summed E-state index contributed by atoms with van der Waals surface area (Å²) in [6.07, 6.45) is 7.44. The van der Waals surface area contributed by atoms with Crippen LogP contribution in [0, 0.1) is 35.5 Å². The molecule has 24 heavy (non-hydrogen) atoms. The second-order valence-corrected chi connectivity index (χ2v) is 8.20. The predicted octanol–water partition coefficient (Wildman–Crippen LogP) is 0.329. The van der Waals surface area contributed by atoms with Gasteiger partial charge in [0.25, 0.3) is 0 Å². The minimum Gasteiger partial charge on any atom is -0.279 e. The number of carbonyl (C=O) groups excluding carboxylic acids is 4. The fraction of sp³-hybridized carbons (Fsp3) is 0.667. The first-order chi connectivity index (χ1) is 11.6. The number of hydrogen-bond donors (Lipinski definition) is 0. The lowest BCUT2D eigenvalue weighted by Crippen LogP contribution is -2.50. The van der Waals surface area contributed by atoms with E-state index in [-0.39, 0.29) is 47.5 Å². The fourth-order valence-electron chi connectivity index (χ4n) is 5.66. The Morgan fingerprint density at radius 2 is 0.875 bits per heavy atom. The van der Waals surface area contributed by atoms with Crippen LogP contribution in [0.4, 0.5) is 0 Å². The Hall–Kier alpha value is -1.98. The number of carbonyl (C=O) groups is 4. The Kier molecular flexibility index (Phi) is 2.21. The molecule has 2 heterocycles. The number of likely N-dealkylation sites (tertiary alicyclic amines) is 2. The molecular weight excluding hydrogens is 308 g/mol. The normalized spacial score (nSPS) is 46.2. The molecule has 2 bridgehead atoms. The van der Waals surface area contributed by atoms with Gasteiger partial charge in [0.1, 0.15) is 0 Å². The van der Waals surface area contributed by atoms with Gasteiger partial charge in [0.15, 0.2) is 0 Å². The molecule has 3 saturated carbocycles. The van der Waals surface area contributed by atoms with E-state index in [2.05, 4.69) is 0 Å². The van der Waals surface area contributed by atoms with Crippen molar-refractivity contribution in [1.82, 2.24) is 9.80 Å². The third-order valence-electron chi connectivity index (χ3n) is 6.90. The number of hydrogen-bond acceptors (Lipinski definition) is 4. The molecule has 2 aliphatic heterocycles. The Balaban J connectivity index is 1.44. The highest BCUT2D eigenvalue weighted by Gasteiger charge is 2.70. The van der Waals surface area contributed by atoms with Gasteiger partial charge in [-0.2, -0.15) is 0 Å². The van der Waals surface area contributed by atoms with Gasteiger partial charge in [-0.05, 0) is 25.7 Å². The van der Waals surface area contributed by atoms with E-state index in [1.165, 1.54) is 9.80 Å². The van der Waals surface area contributed by atoms with Crippen molar-refractivity contribution in [2.24, 2.45) is 35.5 Å². The largest absolute Gasteiger partial charge is 0.279 e. The van der Waals surface area contributed by atoms with Crippen LogP contribution < -0.4 is 0 Å². The summed E-state index contributed by atoms with van der Waals surface area (Å²) in [5.74, 6) is -2.68. The van der Waals surface area contributed by atoms with Crippen molar-refractivity contribution < 1.29 is 19.2 Å². The van der Waals surface area contributed by atoms with Crippen molar-refractivity contribution in [2.75, 3.05) is 0 Å². The molecule has 6 atom stereocenters. The van der Waals surface area contributed by atoms with Gasteiger partial charge in [0.2, 0.25) is 23.6 Å². The molecule has 0 aromatic carbocycles. The third kappa shape index (κ3) is 1.36. The zero-order valence-corrected chi connectivity index (χ0v) is 13.1. The lowest BCUT2D eigenvalue weighted by Gasteiger charge is -2.44. The van der Waals surface area contributed by atoms with E-state index in [0.29, 0.717) is 0 Å². The lowest BCUT2D eigenvalue weighted by atomic mass is 9.54. The van der Waals surface area contributed by atoms with E-state index >= 15 is 0 Å². The van der Waals surface area contributed by atoms with Gasteiger partial charge in [-0.25, -0.2) is 0 Å². The van der Waals surface area contributed by atoms with Gasteiger partial charge in [0.05, 0.1) is 23.7 Å². The van der Waals surface area contributed by atoms with Crippen molar-refractivity contribution in [3.05, 3.63) is 12.2 Å². The van der Waals surface area contributed by atoms with Gasteiger partial charge in [-0.15, -0.1) is 0 Å². The summed E-state index contributed by atoms with van der Waals surface area (Å²) in [5.41, 5.74) is 0. The van der Waals surface area contributed by atoms with Crippen LogP contribution in [0.1, 0.15) is 25.7 Å². The predicted molar refractivity (Wildman–Crippen MR) is 79.8 cm³/mol. The maximum atomic E-state index is 12.9. The molecule has 7 rings (SSSR count). The Morgan fingerprint density at radius 1 is 0.583 bits per heavy atom. The van der Waals surface area contributed by atoms with E-state index in [0.717, 1.165) is 25.7 Å². The average molecular weight is 326 g/mol. The van der Waals surface area contributed by atoms with Crippen LogP contribution in [-0.4, -0.2) is 45.5 Å². The summed E-state index contributed by atoms with van der Waals surface area (Å²) < 4.78 is 0. The molecule has 2 unspecified atom stereocenters. The van der Waals surface area contributed by atoms with Crippen molar-refractivity contribution in [3.8, 4) is 0 Å². The van der Waals surface area contributed by atoms with Crippen LogP contribution >= 0.6 is 0 Å². The highest BCUT2D eigenvalue weighted by molar-refractivity contribution is 6.11. The fourth-order valence-corrected chi connectivity index (χ4v) is 5.66. The Bertz CT molecular complexity index is 644. The third-order valence-corrected chi connectivity index (χ3v) is 6.90. The molecule has 6 heteroatoms. The van der Waals surface area contributed by atoms with Crippen LogP contribution in [0.5, 0.6) is 0 Å². The van der Waals surface area contributed by atoms with Crippen LogP contribution in [0.25, 0.3) is 0 Å². The van der Waals surface area contributed by atoms with Gasteiger partial charge in [-0.1, -0.05) is 12.2 Å². The number of amides is 4. The standard InChI is InChI=1S/C18H18N2O4/c21-15-11-9-5-6-10(12(11)16(22)19(15)7-1-2-7)14-13(9)17(23)20(18(14)24)8-3-4-8/h5-14H,1-4H2/t9?,10?,11-,12-,13-,14+/m1/s1. The molecule has 0 aromatic heterocycles. The molecule has 5 aliphatic carbocycles. The van der Waals surface area contributed by atoms with E-state index < -0.39 is 23.7 Å². The molecule has 0 spiro atoms. The maximum absolute atomic E-state index is 12.9. The van der Waals surface area contributed by atoms with E-state index in [1.54, 1.807) is 0 Å². The maximum Gasteiger partial charge on any atom is 0.233 e. The number of allylic oxidation sites excluding steroid dienone is 2. The molecule has 7 aliphatic rings. The Labute approximate surface area is 138 Å². The lowest BCUT2D eigenvalue weighted by molar-refractivity contribution is -0.140. The van der Waals surface area contributed by atoms with Crippen molar-refractivity contribution in [1.29, 1.82) is 0 Å². The molecule has 0 radical (unpaired) electrons. The van der Waals surface area contributed by atoms with Crippen molar-refractivity contribution in [3.63, 3.8) is 0 Å². The minimum atomic E-state index is -0.426. The molecular formula is C18H18N2O4. The summed E-state index contributed by atoms with van der Waals surface area (Å²) in [6, 6.07) is 0.119. The summed E-state index contributed by atoms with van der Waals surface area (Å²) in [5, 5.41) is 0. The topological polar surface area (TPSA) is 74.8 Å². The average Bonchev–Trinajstić information content (AvgIpc) is 3.48. The second kappa shape index (κ2) is 3.98. The van der Waals surface area contributed by atoms with Crippen molar-refractivity contribution in [2.45, 2.75) is 37.8 Å². The zero-order chi connectivity index (χ0) is 16.3. The van der Waals surface area contributed by atoms with Gasteiger partial charge in [-0.3, -0.25) is 29.0 Å². The quantitative estimate of drug-likeness (QED) is 0.541. The summed E-state index contributed by atoms with van der Waals surface area (Å²) >= 11 is 0. The van der Waals surface area contributed by atoms with Crippen LogP contribution in [-0.2, 0) is 19.2 Å². The highest BCUT2D eigenvalue weighted by atomic mass is 16.2. The van der Waals surface area contributed by atoms with Gasteiger partial charge >= 0.3 is 0 Å². The SMILES string of the molecule is O=C1[C@@H]2C3C=CC([C@H]2C(=O)N1C1CC1)[C@@H]1C(=O)N(C2CC2)C(=O)[C@H]31. The molecule has 4 amide bonds. The summed E-state index contributed by atoms with van der Waals surface area (Å²) in [7, 11) is 0. The van der Waals surface area contributed by atoms with Crippen LogP contribution in [0.2, 0.25) is 0 Å². The summed E-state index contributed by atoms with van der Waals surface area (Å²) in [6.45, 7) is 0. The summed E-state index contributed by atoms with van der Waals surface area (Å²) in [4.78, 5) is 54.5. The molecule has 5 fully saturated rings. The first-order valence-corrected chi connectivity index (χ1v) is 9.02. The van der Waals surface area contributed by atoms with Gasteiger partial charge < -0.3 is 0 Å². The van der Waals surface area contributed by atoms with Crippen molar-refractivity contribution >= 4 is 23.6 Å². The second-order valence-electron chi connectivity index (χ2n) is 8.20. The van der Waals surface area contributed by atoms with Crippen LogP contribution in [0.3, 0.4) is 0 Å². The molecule has 124 valence electrons. The first kappa shape index (κ1) is 13.3. The Morgan fingerprint density at radius 3 is 1.12 bits per heavy atom. The molecule has 0 aromatic rings. The van der Waals surface area contributed by atoms with E-state index in [4.69, 9.17) is 0 Å². The smallest absolute Gasteiger partial charge is 0.233 e. The number of nitrogens with zero attached hydrogens (tertiary/aromatic N) is 2. The highest BCUT2D eigenvalue weighted by Crippen LogP contribution is 2.59. The number of rotatable bonds is 2. The van der Waals surface area contributed by atoms with Crippen LogP contribution in [0.15, 0.2) is 12.2 Å². The van der Waals surface area contributed by atoms with E-state index in [9.17, 15) is 19.2 Å². The first-order valence-electron chi connectivity index (χ1n) is 9.02. The molecule has 2 saturated heterocycles. The molecule has 6 nitrogen and oxygen atoms in total. The van der Waals surface area contributed by atoms with E-state index in [1.807, 2.05) is 12.2 Å².